The van der Waals surface area contributed by atoms with Crippen LogP contribution in [0.3, 0.4) is 0 Å². The molecule has 1 aromatic rings. The van der Waals surface area contributed by atoms with Crippen LogP contribution in [0.15, 0.2) is 28.7 Å². The van der Waals surface area contributed by atoms with Gasteiger partial charge < -0.3 is 0 Å². The minimum atomic E-state index is 0.126. The minimum Gasteiger partial charge on any atom is -0.300 e. The van der Waals surface area contributed by atoms with Crippen LogP contribution in [-0.2, 0) is 11.2 Å². The molecule has 1 aromatic carbocycles. The predicted octanol–water partition coefficient (Wildman–Crippen LogP) is 3.22. The van der Waals surface area contributed by atoms with E-state index in [4.69, 9.17) is 0 Å². The fourth-order valence-corrected chi connectivity index (χ4v) is 1.38. The highest BCUT2D eigenvalue weighted by Crippen LogP contribution is 2.14. The molecule has 0 aliphatic heterocycles. The summed E-state index contributed by atoms with van der Waals surface area (Å²) < 4.78 is 1.08. The number of carbonyl (C=O) groups is 1. The Labute approximate surface area is 87.3 Å². The molecular weight excluding hydrogens is 228 g/mol. The molecule has 0 aromatic heterocycles. The number of halogens is 1. The van der Waals surface area contributed by atoms with Crippen LogP contribution in [-0.4, -0.2) is 5.78 Å². The van der Waals surface area contributed by atoms with Gasteiger partial charge in [0.1, 0.15) is 5.78 Å². The van der Waals surface area contributed by atoms with Gasteiger partial charge in [0, 0.05) is 10.4 Å². The van der Waals surface area contributed by atoms with E-state index < -0.39 is 0 Å². The second kappa shape index (κ2) is 4.56. The van der Waals surface area contributed by atoms with Crippen LogP contribution in [0.1, 0.15) is 19.4 Å². The molecule has 1 rings (SSSR count). The number of hydrogen-bond acceptors (Lipinski definition) is 1. The van der Waals surface area contributed by atoms with E-state index in [0.29, 0.717) is 0 Å². The third-order valence-electron chi connectivity index (χ3n) is 2.15. The van der Waals surface area contributed by atoms with Crippen molar-refractivity contribution in [2.24, 2.45) is 5.92 Å². The first kappa shape index (κ1) is 10.5. The molecule has 13 heavy (non-hydrogen) atoms. The zero-order valence-electron chi connectivity index (χ0n) is 7.88. The zero-order chi connectivity index (χ0) is 9.84. The SMILES string of the molecule is CC(=O)C(C)Cc1ccc(Br)cc1. The lowest BCUT2D eigenvalue weighted by molar-refractivity contribution is -0.120. The average Bonchev–Trinajstić information content (AvgIpc) is 2.08. The predicted molar refractivity (Wildman–Crippen MR) is 57.7 cm³/mol. The topological polar surface area (TPSA) is 17.1 Å². The summed E-state index contributed by atoms with van der Waals surface area (Å²) >= 11 is 3.37. The van der Waals surface area contributed by atoms with Crippen molar-refractivity contribution >= 4 is 21.7 Å². The first-order chi connectivity index (χ1) is 6.09. The largest absolute Gasteiger partial charge is 0.300 e. The average molecular weight is 241 g/mol. The molecule has 0 saturated heterocycles. The number of carbonyl (C=O) groups excluding carboxylic acids is 1. The van der Waals surface area contributed by atoms with E-state index in [-0.39, 0.29) is 11.7 Å². The molecule has 0 N–H and O–H groups in total. The summed E-state index contributed by atoms with van der Waals surface area (Å²) in [5.74, 6) is 0.379. The summed E-state index contributed by atoms with van der Waals surface area (Å²) in [5.41, 5.74) is 1.21. The summed E-state index contributed by atoms with van der Waals surface area (Å²) in [5, 5.41) is 0. The molecule has 2 heteroatoms. The van der Waals surface area contributed by atoms with Crippen molar-refractivity contribution in [3.05, 3.63) is 34.3 Å². The third kappa shape index (κ3) is 3.31. The van der Waals surface area contributed by atoms with Crippen LogP contribution in [0, 0.1) is 5.92 Å². The maximum atomic E-state index is 11.0. The highest BCUT2D eigenvalue weighted by Gasteiger charge is 2.07. The highest BCUT2D eigenvalue weighted by molar-refractivity contribution is 9.10. The number of ketones is 1. The molecule has 1 nitrogen and oxygen atoms in total. The summed E-state index contributed by atoms with van der Waals surface area (Å²) in [7, 11) is 0. The lowest BCUT2D eigenvalue weighted by atomic mass is 9.98. The quantitative estimate of drug-likeness (QED) is 0.794. The first-order valence-electron chi connectivity index (χ1n) is 4.34. The number of Topliss-reactive ketones (excluding diaryl/α,β-unsaturated/α-hetero) is 1. The van der Waals surface area contributed by atoms with Crippen LogP contribution in [0.4, 0.5) is 0 Å². The normalized spacial score (nSPS) is 12.5. The monoisotopic (exact) mass is 240 g/mol. The molecule has 1 unspecified atom stereocenters. The highest BCUT2D eigenvalue weighted by atomic mass is 79.9. The molecule has 0 saturated carbocycles. The van der Waals surface area contributed by atoms with E-state index in [9.17, 15) is 4.79 Å². The van der Waals surface area contributed by atoms with Crippen molar-refractivity contribution in [2.75, 3.05) is 0 Å². The van der Waals surface area contributed by atoms with Gasteiger partial charge in [-0.05, 0) is 31.0 Å². The Morgan fingerprint density at radius 1 is 1.38 bits per heavy atom. The molecule has 0 fully saturated rings. The van der Waals surface area contributed by atoms with Gasteiger partial charge in [0.25, 0.3) is 0 Å². The van der Waals surface area contributed by atoms with Crippen LogP contribution in [0.5, 0.6) is 0 Å². The molecule has 0 spiro atoms. The van der Waals surface area contributed by atoms with Crippen molar-refractivity contribution in [3.63, 3.8) is 0 Å². The van der Waals surface area contributed by atoms with Crippen LogP contribution in [0.2, 0.25) is 0 Å². The molecule has 0 amide bonds. The summed E-state index contributed by atoms with van der Waals surface area (Å²) in [4.78, 5) is 11.0. The molecule has 0 bridgehead atoms. The molecule has 0 heterocycles. The molecule has 0 aliphatic rings. The van der Waals surface area contributed by atoms with Gasteiger partial charge in [-0.3, -0.25) is 4.79 Å². The van der Waals surface area contributed by atoms with Gasteiger partial charge in [0.05, 0.1) is 0 Å². The maximum absolute atomic E-state index is 11.0. The van der Waals surface area contributed by atoms with E-state index in [1.54, 1.807) is 6.92 Å². The first-order valence-corrected chi connectivity index (χ1v) is 5.14. The van der Waals surface area contributed by atoms with Gasteiger partial charge in [-0.2, -0.15) is 0 Å². The molecular formula is C11H13BrO. The van der Waals surface area contributed by atoms with E-state index in [1.165, 1.54) is 5.56 Å². The minimum absolute atomic E-state index is 0.126. The van der Waals surface area contributed by atoms with Crippen LogP contribution < -0.4 is 0 Å². The standard InChI is InChI=1S/C11H13BrO/c1-8(9(2)13)7-10-3-5-11(12)6-4-10/h3-6,8H,7H2,1-2H3. The molecule has 0 aliphatic carbocycles. The zero-order valence-corrected chi connectivity index (χ0v) is 9.47. The van der Waals surface area contributed by atoms with Gasteiger partial charge in [-0.15, -0.1) is 0 Å². The van der Waals surface area contributed by atoms with E-state index in [1.807, 2.05) is 31.2 Å². The van der Waals surface area contributed by atoms with Gasteiger partial charge in [0.2, 0.25) is 0 Å². The second-order valence-electron chi connectivity index (χ2n) is 3.34. The van der Waals surface area contributed by atoms with Crippen molar-refractivity contribution in [1.29, 1.82) is 0 Å². The Bertz CT molecular complexity index is 289. The Morgan fingerprint density at radius 2 is 1.92 bits per heavy atom. The number of rotatable bonds is 3. The Hall–Kier alpha value is -0.630. The Kier molecular flexibility index (Phi) is 3.67. The number of hydrogen-bond donors (Lipinski definition) is 0. The summed E-state index contributed by atoms with van der Waals surface area (Å²) in [6.45, 7) is 3.61. The second-order valence-corrected chi connectivity index (χ2v) is 4.26. The summed E-state index contributed by atoms with van der Waals surface area (Å²) in [6, 6.07) is 8.09. The molecule has 1 atom stereocenters. The van der Waals surface area contributed by atoms with Gasteiger partial charge in [-0.1, -0.05) is 35.0 Å². The van der Waals surface area contributed by atoms with E-state index >= 15 is 0 Å². The van der Waals surface area contributed by atoms with Crippen LogP contribution >= 0.6 is 15.9 Å². The van der Waals surface area contributed by atoms with Gasteiger partial charge in [0.15, 0.2) is 0 Å². The lowest BCUT2D eigenvalue weighted by Gasteiger charge is -2.06. The van der Waals surface area contributed by atoms with Gasteiger partial charge >= 0.3 is 0 Å². The van der Waals surface area contributed by atoms with Crippen molar-refractivity contribution in [3.8, 4) is 0 Å². The fraction of sp³-hybridized carbons (Fsp3) is 0.364. The smallest absolute Gasteiger partial charge is 0.132 e. The van der Waals surface area contributed by atoms with E-state index in [2.05, 4.69) is 15.9 Å². The summed E-state index contributed by atoms with van der Waals surface area (Å²) in [6.07, 6.45) is 0.836. The fourth-order valence-electron chi connectivity index (χ4n) is 1.12. The Balaban J connectivity index is 2.64. The molecule has 70 valence electrons. The third-order valence-corrected chi connectivity index (χ3v) is 2.68. The maximum Gasteiger partial charge on any atom is 0.132 e. The van der Waals surface area contributed by atoms with Crippen molar-refractivity contribution < 1.29 is 4.79 Å². The number of benzene rings is 1. The lowest BCUT2D eigenvalue weighted by Crippen LogP contribution is -2.09. The van der Waals surface area contributed by atoms with Crippen molar-refractivity contribution in [2.45, 2.75) is 20.3 Å². The molecule has 0 radical (unpaired) electrons. The van der Waals surface area contributed by atoms with Crippen molar-refractivity contribution in [1.82, 2.24) is 0 Å². The Morgan fingerprint density at radius 3 is 2.38 bits per heavy atom. The van der Waals surface area contributed by atoms with Gasteiger partial charge in [-0.25, -0.2) is 0 Å². The van der Waals surface area contributed by atoms with Crippen LogP contribution in [0.25, 0.3) is 0 Å². The van der Waals surface area contributed by atoms with E-state index in [0.717, 1.165) is 10.9 Å².